The van der Waals surface area contributed by atoms with Gasteiger partial charge in [0, 0.05) is 39.6 Å². The van der Waals surface area contributed by atoms with Gasteiger partial charge in [0.1, 0.15) is 5.82 Å². The number of aliphatic hydroxyl groups is 1. The van der Waals surface area contributed by atoms with Crippen LogP contribution in [0.3, 0.4) is 0 Å². The molecule has 0 saturated carbocycles. The van der Waals surface area contributed by atoms with Gasteiger partial charge in [0.25, 0.3) is 0 Å². The summed E-state index contributed by atoms with van der Waals surface area (Å²) in [5.41, 5.74) is 1.69. The second-order valence-corrected chi connectivity index (χ2v) is 5.47. The van der Waals surface area contributed by atoms with Crippen molar-refractivity contribution in [1.82, 2.24) is 14.8 Å². The molecule has 1 unspecified atom stereocenters. The molecule has 2 N–H and O–H groups in total. The molecular formula is C17H24FIN4O. The number of rotatable bonds is 5. The number of hydrogen-bond acceptors (Lipinski definition) is 2. The molecule has 24 heavy (non-hydrogen) atoms. The maximum atomic E-state index is 13.2. The average Bonchev–Trinajstić information content (AvgIpc) is 2.92. The second-order valence-electron chi connectivity index (χ2n) is 5.47. The first-order chi connectivity index (χ1) is 11.0. The fraction of sp³-hybridized carbons (Fsp3) is 0.353. The Kier molecular flexibility index (Phi) is 8.20. The van der Waals surface area contributed by atoms with Crippen LogP contribution in [0.1, 0.15) is 17.4 Å². The van der Waals surface area contributed by atoms with Gasteiger partial charge in [-0.2, -0.15) is 0 Å². The van der Waals surface area contributed by atoms with Gasteiger partial charge in [-0.05, 0) is 29.8 Å². The molecule has 0 radical (unpaired) electrons. The van der Waals surface area contributed by atoms with Crippen LogP contribution in [0.4, 0.5) is 4.39 Å². The van der Waals surface area contributed by atoms with Crippen LogP contribution in [0.2, 0.25) is 0 Å². The topological polar surface area (TPSA) is 52.8 Å². The predicted octanol–water partition coefficient (Wildman–Crippen LogP) is 2.52. The first-order valence-corrected chi connectivity index (χ1v) is 7.46. The summed E-state index contributed by atoms with van der Waals surface area (Å²) in [6.07, 6.45) is 1.19. The number of aliphatic hydroxyl groups excluding tert-OH is 1. The van der Waals surface area contributed by atoms with Gasteiger partial charge < -0.3 is 19.9 Å². The quantitative estimate of drug-likeness (QED) is 0.422. The standard InChI is InChI=1S/C17H23FN4O.HI/c1-19-17(22(3)12-15-8-5-9-21(15)2)20-11-16(23)13-6-4-7-14(18)10-13;/h4-10,16,23H,11-12H2,1-3H3,(H,19,20);1H. The number of nitrogens with zero attached hydrogens (tertiary/aromatic N) is 3. The van der Waals surface area contributed by atoms with Gasteiger partial charge >= 0.3 is 0 Å². The Bertz CT molecular complexity index is 674. The zero-order valence-electron chi connectivity index (χ0n) is 14.1. The molecule has 0 bridgehead atoms. The third-order valence-electron chi connectivity index (χ3n) is 3.71. The van der Waals surface area contributed by atoms with Gasteiger partial charge in [0.15, 0.2) is 5.96 Å². The predicted molar refractivity (Wildman–Crippen MR) is 105 cm³/mol. The molecule has 7 heteroatoms. The summed E-state index contributed by atoms with van der Waals surface area (Å²) in [7, 11) is 5.61. The number of nitrogens with one attached hydrogen (secondary N) is 1. The first-order valence-electron chi connectivity index (χ1n) is 7.46. The van der Waals surface area contributed by atoms with E-state index in [1.807, 2.05) is 41.9 Å². The average molecular weight is 446 g/mol. The van der Waals surface area contributed by atoms with Gasteiger partial charge in [-0.25, -0.2) is 4.39 Å². The molecule has 1 aromatic carbocycles. The van der Waals surface area contributed by atoms with E-state index in [4.69, 9.17) is 0 Å². The Labute approximate surface area is 159 Å². The minimum Gasteiger partial charge on any atom is -0.387 e. The lowest BCUT2D eigenvalue weighted by atomic mass is 10.1. The summed E-state index contributed by atoms with van der Waals surface area (Å²) in [6, 6.07) is 10.0. The fourth-order valence-electron chi connectivity index (χ4n) is 2.38. The van der Waals surface area contributed by atoms with E-state index in [1.54, 1.807) is 19.2 Å². The molecule has 1 atom stereocenters. The van der Waals surface area contributed by atoms with E-state index >= 15 is 0 Å². The summed E-state index contributed by atoms with van der Waals surface area (Å²) in [5, 5.41) is 13.3. The summed E-state index contributed by atoms with van der Waals surface area (Å²) in [6.45, 7) is 0.951. The van der Waals surface area contributed by atoms with Crippen molar-refractivity contribution >= 4 is 29.9 Å². The zero-order valence-corrected chi connectivity index (χ0v) is 16.4. The minimum atomic E-state index is -0.800. The molecule has 0 saturated heterocycles. The van der Waals surface area contributed by atoms with Crippen molar-refractivity contribution in [1.29, 1.82) is 0 Å². The van der Waals surface area contributed by atoms with Gasteiger partial charge in [-0.15, -0.1) is 24.0 Å². The van der Waals surface area contributed by atoms with Crippen LogP contribution in [0.5, 0.6) is 0 Å². The van der Waals surface area contributed by atoms with E-state index < -0.39 is 6.10 Å². The molecule has 132 valence electrons. The number of guanidine groups is 1. The molecule has 0 fully saturated rings. The molecule has 0 aliphatic carbocycles. The second kappa shape index (κ2) is 9.63. The maximum absolute atomic E-state index is 13.2. The number of aryl methyl sites for hydroxylation is 1. The molecule has 1 aromatic heterocycles. The lowest BCUT2D eigenvalue weighted by Gasteiger charge is -2.23. The maximum Gasteiger partial charge on any atom is 0.193 e. The van der Waals surface area contributed by atoms with Crippen LogP contribution in [0.15, 0.2) is 47.6 Å². The number of halogens is 2. The van der Waals surface area contributed by atoms with E-state index in [9.17, 15) is 9.50 Å². The lowest BCUT2D eigenvalue weighted by Crippen LogP contribution is -2.40. The first kappa shape index (κ1) is 20.4. The Morgan fingerprint density at radius 3 is 2.71 bits per heavy atom. The summed E-state index contributed by atoms with van der Waals surface area (Å²) in [5.74, 6) is 0.313. The third-order valence-corrected chi connectivity index (χ3v) is 3.71. The highest BCUT2D eigenvalue weighted by Gasteiger charge is 2.12. The Hall–Kier alpha value is -1.61. The molecule has 2 aromatic rings. The monoisotopic (exact) mass is 446 g/mol. The molecule has 1 heterocycles. The summed E-state index contributed by atoms with van der Waals surface area (Å²) in [4.78, 5) is 6.18. The highest BCUT2D eigenvalue weighted by atomic mass is 127. The number of hydrogen-bond donors (Lipinski definition) is 2. The molecule has 5 nitrogen and oxygen atoms in total. The van der Waals surface area contributed by atoms with Crippen LogP contribution in [0.25, 0.3) is 0 Å². The highest BCUT2D eigenvalue weighted by Crippen LogP contribution is 2.13. The van der Waals surface area contributed by atoms with Crippen LogP contribution in [-0.4, -0.2) is 41.2 Å². The molecule has 0 spiro atoms. The van der Waals surface area contributed by atoms with E-state index in [1.165, 1.54) is 12.1 Å². The van der Waals surface area contributed by atoms with Crippen molar-refractivity contribution in [2.45, 2.75) is 12.6 Å². The highest BCUT2D eigenvalue weighted by molar-refractivity contribution is 14.0. The van der Waals surface area contributed by atoms with Crippen LogP contribution in [-0.2, 0) is 13.6 Å². The van der Waals surface area contributed by atoms with Gasteiger partial charge in [-0.3, -0.25) is 4.99 Å². The normalized spacial score (nSPS) is 12.5. The van der Waals surface area contributed by atoms with Gasteiger partial charge in [0.2, 0.25) is 0 Å². The minimum absolute atomic E-state index is 0. The van der Waals surface area contributed by atoms with Gasteiger partial charge in [0.05, 0.1) is 12.6 Å². The molecule has 2 rings (SSSR count). The smallest absolute Gasteiger partial charge is 0.193 e. The Balaban J connectivity index is 0.00000288. The van der Waals surface area contributed by atoms with Crippen molar-refractivity contribution in [3.63, 3.8) is 0 Å². The van der Waals surface area contributed by atoms with E-state index in [2.05, 4.69) is 10.3 Å². The number of benzene rings is 1. The molecule has 0 aliphatic heterocycles. The van der Waals surface area contributed by atoms with Gasteiger partial charge in [-0.1, -0.05) is 12.1 Å². The molecule has 0 amide bonds. The van der Waals surface area contributed by atoms with E-state index in [0.717, 1.165) is 5.69 Å². The van der Waals surface area contributed by atoms with Crippen molar-refractivity contribution in [2.75, 3.05) is 20.6 Å². The van der Waals surface area contributed by atoms with Crippen molar-refractivity contribution in [3.05, 3.63) is 59.7 Å². The van der Waals surface area contributed by atoms with E-state index in [-0.39, 0.29) is 36.3 Å². The van der Waals surface area contributed by atoms with Crippen LogP contribution in [0, 0.1) is 5.82 Å². The van der Waals surface area contributed by atoms with Crippen LogP contribution >= 0.6 is 24.0 Å². The zero-order chi connectivity index (χ0) is 16.8. The largest absolute Gasteiger partial charge is 0.387 e. The number of aliphatic imine (C=N–C) groups is 1. The lowest BCUT2D eigenvalue weighted by molar-refractivity contribution is 0.179. The Morgan fingerprint density at radius 2 is 2.12 bits per heavy atom. The SMILES string of the molecule is CN=C(NCC(O)c1cccc(F)c1)N(C)Cc1cccn1C.I. The third kappa shape index (κ3) is 5.48. The number of aromatic nitrogens is 1. The summed E-state index contributed by atoms with van der Waals surface area (Å²) >= 11 is 0. The van der Waals surface area contributed by atoms with Crippen molar-refractivity contribution in [3.8, 4) is 0 Å². The Morgan fingerprint density at radius 1 is 1.38 bits per heavy atom. The van der Waals surface area contributed by atoms with Crippen molar-refractivity contribution in [2.24, 2.45) is 12.0 Å². The fourth-order valence-corrected chi connectivity index (χ4v) is 2.38. The summed E-state index contributed by atoms with van der Waals surface area (Å²) < 4.78 is 15.3. The molecule has 0 aliphatic rings. The van der Waals surface area contributed by atoms with Crippen molar-refractivity contribution < 1.29 is 9.50 Å². The van der Waals surface area contributed by atoms with E-state index in [0.29, 0.717) is 18.1 Å². The molecular weight excluding hydrogens is 422 g/mol. The van der Waals surface area contributed by atoms with Crippen LogP contribution < -0.4 is 5.32 Å².